The van der Waals surface area contributed by atoms with E-state index in [1.807, 2.05) is 0 Å². The molecule has 6 nitrogen and oxygen atoms in total. The SMILES string of the molecule is O=C(c1cccnc1)N1CC(=O)N(Cc2ccc(F)cc2)C(=O)C1. The van der Waals surface area contributed by atoms with Gasteiger partial charge in [-0.2, -0.15) is 0 Å². The van der Waals surface area contributed by atoms with Crippen molar-refractivity contribution in [1.29, 1.82) is 0 Å². The zero-order chi connectivity index (χ0) is 17.1. The van der Waals surface area contributed by atoms with Gasteiger partial charge in [-0.25, -0.2) is 4.39 Å². The van der Waals surface area contributed by atoms with Crippen LogP contribution in [0.1, 0.15) is 15.9 Å². The van der Waals surface area contributed by atoms with Crippen molar-refractivity contribution in [2.75, 3.05) is 13.1 Å². The van der Waals surface area contributed by atoms with Crippen LogP contribution in [0.2, 0.25) is 0 Å². The zero-order valence-corrected chi connectivity index (χ0v) is 12.7. The first-order valence-electron chi connectivity index (χ1n) is 7.31. The Morgan fingerprint density at radius 3 is 2.33 bits per heavy atom. The van der Waals surface area contributed by atoms with Gasteiger partial charge in [-0.1, -0.05) is 12.1 Å². The molecule has 0 saturated carbocycles. The fraction of sp³-hybridized carbons (Fsp3) is 0.176. The summed E-state index contributed by atoms with van der Waals surface area (Å²) in [6.07, 6.45) is 2.93. The molecule has 1 aliphatic rings. The highest BCUT2D eigenvalue weighted by atomic mass is 19.1. The van der Waals surface area contributed by atoms with Gasteiger partial charge in [-0.15, -0.1) is 0 Å². The number of pyridine rings is 1. The summed E-state index contributed by atoms with van der Waals surface area (Å²) < 4.78 is 12.9. The van der Waals surface area contributed by atoms with Gasteiger partial charge in [0, 0.05) is 12.4 Å². The van der Waals surface area contributed by atoms with E-state index in [4.69, 9.17) is 0 Å². The van der Waals surface area contributed by atoms with Crippen molar-refractivity contribution in [1.82, 2.24) is 14.8 Å². The lowest BCUT2D eigenvalue weighted by Gasteiger charge is -2.32. The molecular formula is C17H14FN3O3. The van der Waals surface area contributed by atoms with Crippen LogP contribution in [-0.2, 0) is 16.1 Å². The van der Waals surface area contributed by atoms with Crippen LogP contribution in [0.4, 0.5) is 4.39 Å². The fourth-order valence-corrected chi connectivity index (χ4v) is 2.46. The zero-order valence-electron chi connectivity index (χ0n) is 12.7. The molecule has 24 heavy (non-hydrogen) atoms. The lowest BCUT2D eigenvalue weighted by Crippen LogP contribution is -2.55. The quantitative estimate of drug-likeness (QED) is 0.795. The molecule has 0 aliphatic carbocycles. The summed E-state index contributed by atoms with van der Waals surface area (Å²) in [6.45, 7) is -0.297. The summed E-state index contributed by atoms with van der Waals surface area (Å²) in [7, 11) is 0. The maximum absolute atomic E-state index is 12.9. The van der Waals surface area contributed by atoms with Crippen LogP contribution in [0.15, 0.2) is 48.8 Å². The summed E-state index contributed by atoms with van der Waals surface area (Å²) in [5.74, 6) is -1.73. The molecule has 0 N–H and O–H groups in total. The van der Waals surface area contributed by atoms with Crippen molar-refractivity contribution in [2.24, 2.45) is 0 Å². The number of amides is 3. The lowest BCUT2D eigenvalue weighted by atomic mass is 10.1. The number of carbonyl (C=O) groups is 3. The average Bonchev–Trinajstić information content (AvgIpc) is 2.59. The van der Waals surface area contributed by atoms with Gasteiger partial charge < -0.3 is 4.90 Å². The molecule has 0 unspecified atom stereocenters. The lowest BCUT2D eigenvalue weighted by molar-refractivity contribution is -0.150. The van der Waals surface area contributed by atoms with E-state index in [1.54, 1.807) is 12.1 Å². The molecule has 1 aliphatic heterocycles. The Labute approximate surface area is 137 Å². The normalized spacial score (nSPS) is 14.9. The van der Waals surface area contributed by atoms with Crippen LogP contribution in [0.3, 0.4) is 0 Å². The molecule has 0 spiro atoms. The highest BCUT2D eigenvalue weighted by Gasteiger charge is 2.33. The number of nitrogens with zero attached hydrogens (tertiary/aromatic N) is 3. The Morgan fingerprint density at radius 1 is 1.08 bits per heavy atom. The van der Waals surface area contributed by atoms with Gasteiger partial charge in [0.1, 0.15) is 18.9 Å². The number of hydrogen-bond donors (Lipinski definition) is 0. The number of rotatable bonds is 3. The molecule has 0 bridgehead atoms. The average molecular weight is 327 g/mol. The number of carbonyl (C=O) groups excluding carboxylic acids is 3. The molecule has 3 amide bonds. The third-order valence-corrected chi connectivity index (χ3v) is 3.70. The van der Waals surface area contributed by atoms with Gasteiger partial charge in [0.25, 0.3) is 5.91 Å². The number of hydrogen-bond acceptors (Lipinski definition) is 4. The first-order valence-corrected chi connectivity index (χ1v) is 7.31. The largest absolute Gasteiger partial charge is 0.320 e. The van der Waals surface area contributed by atoms with Gasteiger partial charge >= 0.3 is 0 Å². The van der Waals surface area contributed by atoms with Crippen molar-refractivity contribution in [3.8, 4) is 0 Å². The van der Waals surface area contributed by atoms with Crippen LogP contribution in [0.5, 0.6) is 0 Å². The number of benzene rings is 1. The monoisotopic (exact) mass is 327 g/mol. The molecule has 1 aromatic heterocycles. The summed E-state index contributed by atoms with van der Waals surface area (Å²) in [6, 6.07) is 8.77. The predicted molar refractivity (Wildman–Crippen MR) is 82.1 cm³/mol. The number of aromatic nitrogens is 1. The minimum Gasteiger partial charge on any atom is -0.320 e. The van der Waals surface area contributed by atoms with Crippen molar-refractivity contribution in [3.63, 3.8) is 0 Å². The van der Waals surface area contributed by atoms with Gasteiger partial charge in [0.05, 0.1) is 12.1 Å². The highest BCUT2D eigenvalue weighted by molar-refractivity contribution is 6.05. The standard InChI is InChI=1S/C17H14FN3O3/c18-14-5-3-12(4-6-14)9-21-15(22)10-20(11-16(21)23)17(24)13-2-1-7-19-8-13/h1-8H,9-11H2. The first kappa shape index (κ1) is 15.8. The fourth-order valence-electron chi connectivity index (χ4n) is 2.46. The molecule has 0 atom stereocenters. The van der Waals surface area contributed by atoms with Gasteiger partial charge in [-0.05, 0) is 29.8 Å². The van der Waals surface area contributed by atoms with Crippen LogP contribution in [0.25, 0.3) is 0 Å². The van der Waals surface area contributed by atoms with Crippen molar-refractivity contribution in [2.45, 2.75) is 6.54 Å². The minimum atomic E-state index is -0.465. The third kappa shape index (κ3) is 3.29. The molecule has 7 heteroatoms. The van der Waals surface area contributed by atoms with Crippen molar-refractivity contribution < 1.29 is 18.8 Å². The number of halogens is 1. The van der Waals surface area contributed by atoms with E-state index < -0.39 is 17.7 Å². The summed E-state index contributed by atoms with van der Waals surface area (Å²) in [4.78, 5) is 42.9. The molecule has 2 aromatic rings. The van der Waals surface area contributed by atoms with E-state index in [9.17, 15) is 18.8 Å². The topological polar surface area (TPSA) is 70.6 Å². The Kier molecular flexibility index (Phi) is 4.33. The molecule has 1 fully saturated rings. The first-order chi connectivity index (χ1) is 11.5. The van der Waals surface area contributed by atoms with E-state index in [0.717, 1.165) is 4.90 Å². The Balaban J connectivity index is 1.70. The van der Waals surface area contributed by atoms with Crippen molar-refractivity contribution in [3.05, 3.63) is 65.7 Å². The Bertz CT molecular complexity index is 759. The molecule has 3 rings (SSSR count). The molecular weight excluding hydrogens is 313 g/mol. The maximum Gasteiger partial charge on any atom is 0.256 e. The van der Waals surface area contributed by atoms with Crippen LogP contribution < -0.4 is 0 Å². The number of piperazine rings is 1. The predicted octanol–water partition coefficient (Wildman–Crippen LogP) is 1.23. The summed E-state index contributed by atoms with van der Waals surface area (Å²) in [5, 5.41) is 0. The molecule has 1 saturated heterocycles. The van der Waals surface area contributed by atoms with E-state index in [1.165, 1.54) is 41.6 Å². The third-order valence-electron chi connectivity index (χ3n) is 3.70. The van der Waals surface area contributed by atoms with Crippen LogP contribution in [-0.4, -0.2) is 45.6 Å². The van der Waals surface area contributed by atoms with Gasteiger partial charge in [0.15, 0.2) is 0 Å². The number of imide groups is 1. The summed E-state index contributed by atoms with van der Waals surface area (Å²) >= 11 is 0. The Morgan fingerprint density at radius 2 is 1.75 bits per heavy atom. The second-order valence-electron chi connectivity index (χ2n) is 5.40. The van der Waals surface area contributed by atoms with E-state index in [-0.39, 0.29) is 25.5 Å². The second kappa shape index (κ2) is 6.57. The van der Waals surface area contributed by atoms with E-state index >= 15 is 0 Å². The second-order valence-corrected chi connectivity index (χ2v) is 5.40. The van der Waals surface area contributed by atoms with E-state index in [2.05, 4.69) is 4.98 Å². The van der Waals surface area contributed by atoms with Crippen molar-refractivity contribution >= 4 is 17.7 Å². The van der Waals surface area contributed by atoms with Gasteiger partial charge in [-0.3, -0.25) is 24.3 Å². The van der Waals surface area contributed by atoms with Crippen LogP contribution in [0, 0.1) is 5.82 Å². The molecule has 2 heterocycles. The molecule has 122 valence electrons. The molecule has 0 radical (unpaired) electrons. The Hall–Kier alpha value is -3.09. The van der Waals surface area contributed by atoms with E-state index in [0.29, 0.717) is 11.1 Å². The smallest absolute Gasteiger partial charge is 0.256 e. The highest BCUT2D eigenvalue weighted by Crippen LogP contribution is 2.14. The minimum absolute atomic E-state index is 0.0624. The maximum atomic E-state index is 12.9. The van der Waals surface area contributed by atoms with Gasteiger partial charge in [0.2, 0.25) is 11.8 Å². The summed E-state index contributed by atoms with van der Waals surface area (Å²) in [5.41, 5.74) is 0.968. The van der Waals surface area contributed by atoms with Crippen LogP contribution >= 0.6 is 0 Å². The molecule has 1 aromatic carbocycles.